The topological polar surface area (TPSA) is 104 Å². The van der Waals surface area contributed by atoms with Gasteiger partial charge in [0.2, 0.25) is 5.78 Å². The minimum absolute atomic E-state index is 0.0639. The van der Waals surface area contributed by atoms with Crippen molar-refractivity contribution in [2.45, 2.75) is 20.4 Å². The van der Waals surface area contributed by atoms with E-state index in [4.69, 9.17) is 5.11 Å². The zero-order valence-corrected chi connectivity index (χ0v) is 15.3. The Kier molecular flexibility index (Phi) is 3.74. The third kappa shape index (κ3) is 2.24. The number of hydrogen-bond donors (Lipinski definition) is 1. The molecule has 0 fully saturated rings. The van der Waals surface area contributed by atoms with E-state index in [2.05, 4.69) is 4.98 Å². The van der Waals surface area contributed by atoms with Crippen LogP contribution in [0.15, 0.2) is 33.9 Å². The highest BCUT2D eigenvalue weighted by molar-refractivity contribution is 5.77. The molecule has 3 heterocycles. The van der Waals surface area contributed by atoms with Crippen LogP contribution in [0.4, 0.5) is 4.39 Å². The first-order chi connectivity index (χ1) is 13.2. The summed E-state index contributed by atoms with van der Waals surface area (Å²) in [5.74, 6) is -1.52. The fraction of sp³-hybridized carbons (Fsp3) is 0.222. The number of hydrogen-bond acceptors (Lipinski definition) is 4. The molecule has 0 aliphatic heterocycles. The molecule has 0 unspecified atom stereocenters. The lowest BCUT2D eigenvalue weighted by Crippen LogP contribution is -2.41. The summed E-state index contributed by atoms with van der Waals surface area (Å²) in [7, 11) is 1.41. The molecule has 0 atom stereocenters. The average molecular weight is 385 g/mol. The average Bonchev–Trinajstić information content (AvgIpc) is 3.14. The number of benzene rings is 1. The number of aryl methyl sites for hydroxylation is 2. The van der Waals surface area contributed by atoms with Gasteiger partial charge in [0.05, 0.1) is 5.69 Å². The predicted molar refractivity (Wildman–Crippen MR) is 98.6 cm³/mol. The Morgan fingerprint density at radius 1 is 1.18 bits per heavy atom. The number of rotatable bonds is 3. The van der Waals surface area contributed by atoms with Crippen LogP contribution in [-0.2, 0) is 18.4 Å². The molecule has 0 aliphatic rings. The van der Waals surface area contributed by atoms with Gasteiger partial charge in [0, 0.05) is 18.4 Å². The molecule has 4 rings (SSSR count). The van der Waals surface area contributed by atoms with E-state index in [0.29, 0.717) is 16.0 Å². The van der Waals surface area contributed by atoms with Crippen molar-refractivity contribution in [3.05, 3.63) is 62.3 Å². The molecule has 4 aromatic rings. The molecule has 1 aromatic carbocycles. The number of aromatic nitrogens is 5. The molecular formula is C18H16FN5O4. The SMILES string of the molecule is Cc1c(C)n2c3c(=O)n(CC(=O)O)c(=O)n(C)c3nc2n1-c1ccccc1F. The Morgan fingerprint density at radius 2 is 1.86 bits per heavy atom. The molecule has 0 radical (unpaired) electrons. The van der Waals surface area contributed by atoms with Gasteiger partial charge < -0.3 is 5.11 Å². The summed E-state index contributed by atoms with van der Waals surface area (Å²) >= 11 is 0. The van der Waals surface area contributed by atoms with Crippen LogP contribution in [0, 0.1) is 19.7 Å². The number of aliphatic carboxylic acids is 1. The smallest absolute Gasteiger partial charge is 0.333 e. The number of carboxylic acid groups (broad SMARTS) is 1. The fourth-order valence-corrected chi connectivity index (χ4v) is 3.45. The molecule has 0 bridgehead atoms. The van der Waals surface area contributed by atoms with Crippen LogP contribution in [0.5, 0.6) is 0 Å². The van der Waals surface area contributed by atoms with E-state index in [1.807, 2.05) is 0 Å². The summed E-state index contributed by atoms with van der Waals surface area (Å²) in [5, 5.41) is 9.05. The van der Waals surface area contributed by atoms with E-state index in [0.717, 1.165) is 4.57 Å². The summed E-state index contributed by atoms with van der Waals surface area (Å²) in [6.45, 7) is 2.74. The molecule has 0 saturated heterocycles. The number of carbonyl (C=O) groups is 1. The Hall–Kier alpha value is -3.69. The summed E-state index contributed by atoms with van der Waals surface area (Å²) in [6.07, 6.45) is 0. The maximum atomic E-state index is 14.4. The van der Waals surface area contributed by atoms with Gasteiger partial charge in [0.25, 0.3) is 5.56 Å². The summed E-state index contributed by atoms with van der Waals surface area (Å²) < 4.78 is 19.3. The van der Waals surface area contributed by atoms with Crippen LogP contribution in [0.2, 0.25) is 0 Å². The van der Waals surface area contributed by atoms with Crippen LogP contribution in [-0.4, -0.2) is 34.2 Å². The highest BCUT2D eigenvalue weighted by atomic mass is 19.1. The van der Waals surface area contributed by atoms with Crippen molar-refractivity contribution in [3.8, 4) is 5.69 Å². The number of halogens is 1. The first-order valence-corrected chi connectivity index (χ1v) is 8.40. The normalized spacial score (nSPS) is 11.6. The number of fused-ring (bicyclic) bond motifs is 3. The Balaban J connectivity index is 2.22. The lowest BCUT2D eigenvalue weighted by Gasteiger charge is -2.07. The van der Waals surface area contributed by atoms with Crippen molar-refractivity contribution >= 4 is 22.9 Å². The van der Waals surface area contributed by atoms with Crippen molar-refractivity contribution in [2.24, 2.45) is 7.05 Å². The first-order valence-electron chi connectivity index (χ1n) is 8.40. The highest BCUT2D eigenvalue weighted by Gasteiger charge is 2.24. The summed E-state index contributed by atoms with van der Waals surface area (Å²) in [6, 6.07) is 6.15. The second-order valence-electron chi connectivity index (χ2n) is 6.50. The van der Waals surface area contributed by atoms with Crippen LogP contribution in [0.3, 0.4) is 0 Å². The van der Waals surface area contributed by atoms with E-state index in [1.54, 1.807) is 36.6 Å². The predicted octanol–water partition coefficient (Wildman–Crippen LogP) is 0.979. The molecule has 1 N–H and O–H groups in total. The second kappa shape index (κ2) is 5.91. The number of imidazole rings is 2. The molecule has 9 nitrogen and oxygen atoms in total. The standard InChI is InChI=1S/C18H16FN5O4/c1-9-10(2)24-14-15(21(3)18(28)22(16(14)27)8-13(25)26)20-17(24)23(9)12-7-5-4-6-11(12)19/h4-7H,8H2,1-3H3,(H,25,26). The molecule has 28 heavy (non-hydrogen) atoms. The number of para-hydroxylation sites is 1. The van der Waals surface area contributed by atoms with Gasteiger partial charge in [-0.3, -0.25) is 23.1 Å². The zero-order chi connectivity index (χ0) is 20.3. The molecular weight excluding hydrogens is 369 g/mol. The Morgan fingerprint density at radius 3 is 2.50 bits per heavy atom. The quantitative estimate of drug-likeness (QED) is 0.566. The van der Waals surface area contributed by atoms with Crippen LogP contribution in [0.25, 0.3) is 22.6 Å². The minimum atomic E-state index is -1.31. The lowest BCUT2D eigenvalue weighted by molar-refractivity contribution is -0.137. The molecule has 10 heteroatoms. The number of carboxylic acids is 1. The minimum Gasteiger partial charge on any atom is -0.480 e. The van der Waals surface area contributed by atoms with Crippen molar-refractivity contribution in [3.63, 3.8) is 0 Å². The van der Waals surface area contributed by atoms with Crippen LogP contribution < -0.4 is 11.2 Å². The van der Waals surface area contributed by atoms with Gasteiger partial charge in [-0.2, -0.15) is 4.98 Å². The van der Waals surface area contributed by atoms with Gasteiger partial charge in [-0.25, -0.2) is 13.8 Å². The molecule has 0 aliphatic carbocycles. The van der Waals surface area contributed by atoms with E-state index in [-0.39, 0.29) is 22.6 Å². The zero-order valence-electron chi connectivity index (χ0n) is 15.3. The van der Waals surface area contributed by atoms with Gasteiger partial charge in [-0.15, -0.1) is 0 Å². The third-order valence-corrected chi connectivity index (χ3v) is 4.91. The Bertz CT molecular complexity index is 1410. The molecule has 144 valence electrons. The van der Waals surface area contributed by atoms with Crippen LogP contribution >= 0.6 is 0 Å². The second-order valence-corrected chi connectivity index (χ2v) is 6.50. The van der Waals surface area contributed by atoms with Crippen LogP contribution in [0.1, 0.15) is 11.4 Å². The van der Waals surface area contributed by atoms with E-state index in [1.165, 1.54) is 17.5 Å². The molecule has 0 spiro atoms. The van der Waals surface area contributed by atoms with Crippen molar-refractivity contribution < 1.29 is 14.3 Å². The number of nitrogens with zero attached hydrogens (tertiary/aromatic N) is 5. The largest absolute Gasteiger partial charge is 0.480 e. The van der Waals surface area contributed by atoms with Gasteiger partial charge in [0.15, 0.2) is 11.2 Å². The third-order valence-electron chi connectivity index (χ3n) is 4.91. The maximum Gasteiger partial charge on any atom is 0.333 e. The molecule has 0 saturated carbocycles. The van der Waals surface area contributed by atoms with Gasteiger partial charge in [-0.1, -0.05) is 12.1 Å². The van der Waals surface area contributed by atoms with E-state index < -0.39 is 29.6 Å². The molecule has 3 aromatic heterocycles. The maximum absolute atomic E-state index is 14.4. The van der Waals surface area contributed by atoms with Gasteiger partial charge in [0.1, 0.15) is 12.4 Å². The first kappa shape index (κ1) is 17.7. The fourth-order valence-electron chi connectivity index (χ4n) is 3.45. The van der Waals surface area contributed by atoms with E-state index >= 15 is 0 Å². The van der Waals surface area contributed by atoms with Gasteiger partial charge in [-0.05, 0) is 26.0 Å². The van der Waals surface area contributed by atoms with E-state index in [9.17, 15) is 18.8 Å². The van der Waals surface area contributed by atoms with Crippen molar-refractivity contribution in [1.29, 1.82) is 0 Å². The van der Waals surface area contributed by atoms with Gasteiger partial charge >= 0.3 is 11.7 Å². The Labute approximate surface area is 156 Å². The lowest BCUT2D eigenvalue weighted by atomic mass is 10.3. The summed E-state index contributed by atoms with van der Waals surface area (Å²) in [4.78, 5) is 40.9. The monoisotopic (exact) mass is 385 g/mol. The highest BCUT2D eigenvalue weighted by Crippen LogP contribution is 2.25. The molecule has 0 amide bonds. The van der Waals surface area contributed by atoms with Crippen molar-refractivity contribution in [1.82, 2.24) is 23.1 Å². The van der Waals surface area contributed by atoms with Crippen molar-refractivity contribution in [2.75, 3.05) is 0 Å². The summed E-state index contributed by atoms with van der Waals surface area (Å²) in [5.41, 5.74) is 0.151.